The minimum Gasteiger partial charge on any atom is -0.306 e. The first-order valence-electron chi connectivity index (χ1n) is 5.48. The van der Waals surface area contributed by atoms with Crippen LogP contribution in [0.25, 0.3) is 0 Å². The Labute approximate surface area is 86.4 Å². The van der Waals surface area contributed by atoms with Gasteiger partial charge in [-0.3, -0.25) is 0 Å². The van der Waals surface area contributed by atoms with E-state index in [0.717, 1.165) is 38.8 Å². The van der Waals surface area contributed by atoms with E-state index in [-0.39, 0.29) is 5.25 Å². The lowest BCUT2D eigenvalue weighted by Gasteiger charge is -2.28. The molecule has 1 heterocycles. The summed E-state index contributed by atoms with van der Waals surface area (Å²) < 4.78 is 23.8. The van der Waals surface area contributed by atoms with Gasteiger partial charge in [-0.15, -0.1) is 0 Å². The fourth-order valence-corrected chi connectivity index (χ4v) is 4.28. The summed E-state index contributed by atoms with van der Waals surface area (Å²) in [6.45, 7) is 1.88. The van der Waals surface area contributed by atoms with Crippen molar-refractivity contribution in [2.24, 2.45) is 5.92 Å². The predicted octanol–water partition coefficient (Wildman–Crippen LogP) is 0.905. The third kappa shape index (κ3) is 2.48. The van der Waals surface area contributed by atoms with Crippen LogP contribution in [0.5, 0.6) is 0 Å². The maximum absolute atomic E-state index is 11.9. The third-order valence-corrected chi connectivity index (χ3v) is 5.76. The topological polar surface area (TPSA) is 37.4 Å². The van der Waals surface area contributed by atoms with Crippen LogP contribution in [0, 0.1) is 5.92 Å². The lowest BCUT2D eigenvalue weighted by atomic mass is 10.1. The maximum Gasteiger partial charge on any atom is 0.153 e. The van der Waals surface area contributed by atoms with Gasteiger partial charge in [0.25, 0.3) is 0 Å². The van der Waals surface area contributed by atoms with Gasteiger partial charge in [0.1, 0.15) is 0 Å². The molecule has 0 unspecified atom stereocenters. The molecule has 0 aromatic heterocycles. The molecular formula is C10H19NO2S. The zero-order valence-electron chi connectivity index (χ0n) is 8.78. The van der Waals surface area contributed by atoms with Crippen molar-refractivity contribution < 1.29 is 8.42 Å². The number of piperidine rings is 1. The van der Waals surface area contributed by atoms with E-state index in [1.54, 1.807) is 0 Å². The van der Waals surface area contributed by atoms with Gasteiger partial charge in [-0.05, 0) is 51.7 Å². The zero-order chi connectivity index (χ0) is 10.2. The molecule has 1 aliphatic carbocycles. The minimum atomic E-state index is -2.77. The van der Waals surface area contributed by atoms with E-state index in [0.29, 0.717) is 11.7 Å². The summed E-state index contributed by atoms with van der Waals surface area (Å²) in [6, 6.07) is 0. The number of likely N-dealkylation sites (tertiary alicyclic amines) is 1. The van der Waals surface area contributed by atoms with Crippen LogP contribution in [-0.4, -0.2) is 44.5 Å². The van der Waals surface area contributed by atoms with Crippen molar-refractivity contribution in [3.05, 3.63) is 0 Å². The molecule has 82 valence electrons. The molecule has 14 heavy (non-hydrogen) atoms. The van der Waals surface area contributed by atoms with Gasteiger partial charge in [-0.2, -0.15) is 0 Å². The molecule has 0 amide bonds. The number of hydrogen-bond acceptors (Lipinski definition) is 3. The van der Waals surface area contributed by atoms with Gasteiger partial charge < -0.3 is 4.90 Å². The van der Waals surface area contributed by atoms with Gasteiger partial charge >= 0.3 is 0 Å². The Balaban J connectivity index is 1.92. The maximum atomic E-state index is 11.9. The molecule has 0 spiro atoms. The molecule has 3 nitrogen and oxygen atoms in total. The van der Waals surface area contributed by atoms with Crippen LogP contribution in [0.4, 0.5) is 0 Å². The van der Waals surface area contributed by atoms with E-state index < -0.39 is 9.84 Å². The van der Waals surface area contributed by atoms with Gasteiger partial charge in [0.2, 0.25) is 0 Å². The van der Waals surface area contributed by atoms with Gasteiger partial charge in [0.15, 0.2) is 9.84 Å². The number of nitrogens with zero attached hydrogens (tertiary/aromatic N) is 1. The van der Waals surface area contributed by atoms with Crippen LogP contribution >= 0.6 is 0 Å². The zero-order valence-corrected chi connectivity index (χ0v) is 9.59. The van der Waals surface area contributed by atoms with Crippen LogP contribution in [0.3, 0.4) is 0 Å². The van der Waals surface area contributed by atoms with Crippen molar-refractivity contribution in [1.29, 1.82) is 0 Å². The summed E-state index contributed by atoms with van der Waals surface area (Å²) in [4.78, 5) is 2.21. The predicted molar refractivity (Wildman–Crippen MR) is 57.0 cm³/mol. The number of sulfone groups is 1. The molecule has 2 fully saturated rings. The van der Waals surface area contributed by atoms with Crippen molar-refractivity contribution in [3.8, 4) is 0 Å². The summed E-state index contributed by atoms with van der Waals surface area (Å²) in [7, 11) is -0.711. The molecule has 0 N–H and O–H groups in total. The van der Waals surface area contributed by atoms with Crippen LogP contribution in [-0.2, 0) is 9.84 Å². The molecule has 0 radical (unpaired) electrons. The fourth-order valence-electron chi connectivity index (χ4n) is 2.09. The van der Waals surface area contributed by atoms with Gasteiger partial charge in [0.05, 0.1) is 11.0 Å². The van der Waals surface area contributed by atoms with E-state index in [4.69, 9.17) is 0 Å². The Kier molecular flexibility index (Phi) is 2.84. The minimum absolute atomic E-state index is 0.0423. The Morgan fingerprint density at radius 2 is 1.71 bits per heavy atom. The Bertz CT molecular complexity index is 287. The van der Waals surface area contributed by atoms with Crippen LogP contribution in [0.1, 0.15) is 25.7 Å². The van der Waals surface area contributed by atoms with Crippen molar-refractivity contribution in [2.45, 2.75) is 30.9 Å². The van der Waals surface area contributed by atoms with Crippen molar-refractivity contribution >= 4 is 9.84 Å². The van der Waals surface area contributed by atoms with E-state index in [9.17, 15) is 8.42 Å². The summed E-state index contributed by atoms with van der Waals surface area (Å²) in [5, 5.41) is -0.0423. The molecule has 4 heteroatoms. The molecule has 0 atom stereocenters. The van der Waals surface area contributed by atoms with Crippen LogP contribution in [0.15, 0.2) is 0 Å². The molecule has 2 rings (SSSR count). The molecule has 1 saturated carbocycles. The summed E-state index contributed by atoms with van der Waals surface area (Å²) in [5.41, 5.74) is 0. The summed E-state index contributed by atoms with van der Waals surface area (Å²) in [6.07, 6.45) is 3.94. The average molecular weight is 217 g/mol. The van der Waals surface area contributed by atoms with E-state index >= 15 is 0 Å². The van der Waals surface area contributed by atoms with Gasteiger partial charge in [-0.25, -0.2) is 8.42 Å². The highest BCUT2D eigenvalue weighted by molar-refractivity contribution is 7.92. The Morgan fingerprint density at radius 1 is 1.14 bits per heavy atom. The molecule has 0 bridgehead atoms. The summed E-state index contributed by atoms with van der Waals surface area (Å²) in [5.74, 6) is 0.959. The smallest absolute Gasteiger partial charge is 0.153 e. The fraction of sp³-hybridized carbons (Fsp3) is 1.00. The van der Waals surface area contributed by atoms with Gasteiger partial charge in [0, 0.05) is 0 Å². The Hall–Kier alpha value is -0.0900. The second-order valence-corrected chi connectivity index (χ2v) is 7.10. The largest absolute Gasteiger partial charge is 0.306 e. The lowest BCUT2D eigenvalue weighted by Crippen LogP contribution is -2.38. The highest BCUT2D eigenvalue weighted by atomic mass is 32.2. The molecular weight excluding hydrogens is 198 g/mol. The monoisotopic (exact) mass is 217 g/mol. The van der Waals surface area contributed by atoms with Crippen molar-refractivity contribution in [3.63, 3.8) is 0 Å². The highest BCUT2D eigenvalue weighted by Crippen LogP contribution is 2.32. The molecule has 0 aromatic rings. The molecule has 1 aliphatic heterocycles. The molecule has 1 saturated heterocycles. The SMILES string of the molecule is CN1CCC(S(=O)(=O)CC2CC2)CC1. The Morgan fingerprint density at radius 3 is 2.21 bits per heavy atom. The first kappa shape index (κ1) is 10.4. The first-order chi connectivity index (χ1) is 6.58. The van der Waals surface area contributed by atoms with Crippen LogP contribution < -0.4 is 0 Å². The average Bonchev–Trinajstić information content (AvgIpc) is 2.88. The van der Waals surface area contributed by atoms with Crippen molar-refractivity contribution in [1.82, 2.24) is 4.90 Å². The molecule has 2 aliphatic rings. The number of hydrogen-bond donors (Lipinski definition) is 0. The highest BCUT2D eigenvalue weighted by Gasteiger charge is 2.34. The van der Waals surface area contributed by atoms with E-state index in [2.05, 4.69) is 11.9 Å². The molecule has 0 aromatic carbocycles. The number of rotatable bonds is 3. The standard InChI is InChI=1S/C10H19NO2S/c1-11-6-4-10(5-7-11)14(12,13)8-9-2-3-9/h9-10H,2-8H2,1H3. The second kappa shape index (κ2) is 3.81. The van der Waals surface area contributed by atoms with E-state index in [1.165, 1.54) is 0 Å². The third-order valence-electron chi connectivity index (χ3n) is 3.34. The lowest BCUT2D eigenvalue weighted by molar-refractivity contribution is 0.277. The normalized spacial score (nSPS) is 26.6. The van der Waals surface area contributed by atoms with Crippen molar-refractivity contribution in [2.75, 3.05) is 25.9 Å². The second-order valence-electron chi connectivity index (χ2n) is 4.78. The van der Waals surface area contributed by atoms with Crippen LogP contribution in [0.2, 0.25) is 0 Å². The quantitative estimate of drug-likeness (QED) is 0.705. The first-order valence-corrected chi connectivity index (χ1v) is 7.19. The van der Waals surface area contributed by atoms with Gasteiger partial charge in [-0.1, -0.05) is 0 Å². The van der Waals surface area contributed by atoms with E-state index in [1.807, 2.05) is 0 Å². The summed E-state index contributed by atoms with van der Waals surface area (Å²) >= 11 is 0.